The topological polar surface area (TPSA) is 91.0 Å². The number of aryl methyl sites for hydroxylation is 2. The van der Waals surface area contributed by atoms with E-state index in [9.17, 15) is 9.59 Å². The molecule has 0 bridgehead atoms. The Hall–Kier alpha value is -3.00. The number of carbonyl (C=O) groups excluding carboxylic acids is 2. The fraction of sp³-hybridized carbons (Fsp3) is 0.364. The maximum absolute atomic E-state index is 12.6. The Kier molecular flexibility index (Phi) is 5.94. The zero-order valence-corrected chi connectivity index (χ0v) is 18.0. The molecule has 2 aromatic heterocycles. The molecule has 8 heteroatoms. The van der Waals surface area contributed by atoms with Crippen LogP contribution in [0.25, 0.3) is 11.3 Å². The van der Waals surface area contributed by atoms with Crippen LogP contribution < -0.4 is 5.32 Å². The molecule has 7 nitrogen and oxygen atoms in total. The Morgan fingerprint density at radius 3 is 2.53 bits per heavy atom. The molecule has 0 aliphatic carbocycles. The SMILES string of the molecule is Cc1nc(-c2ccc(NC(=O)CC3CCN(C(=O)c4cn[nH]c4C)CC3)cc2)cs1. The predicted octanol–water partition coefficient (Wildman–Crippen LogP) is 4.03. The van der Waals surface area contributed by atoms with Gasteiger partial charge in [0.1, 0.15) is 0 Å². The van der Waals surface area contributed by atoms with Gasteiger partial charge in [0.05, 0.1) is 22.5 Å². The van der Waals surface area contributed by atoms with Gasteiger partial charge in [-0.15, -0.1) is 11.3 Å². The van der Waals surface area contributed by atoms with Crippen molar-refractivity contribution in [1.29, 1.82) is 0 Å². The first-order valence-corrected chi connectivity index (χ1v) is 11.0. The van der Waals surface area contributed by atoms with Gasteiger partial charge in [0.25, 0.3) is 5.91 Å². The van der Waals surface area contributed by atoms with E-state index in [0.717, 1.165) is 40.5 Å². The standard InChI is InChI=1S/C22H25N5O2S/c1-14-19(12-23-26-14)22(29)27-9-7-16(8-10-27)11-21(28)25-18-5-3-17(4-6-18)20-13-30-15(2)24-20/h3-6,12-13,16H,7-11H2,1-2H3,(H,23,26)(H,25,28). The summed E-state index contributed by atoms with van der Waals surface area (Å²) in [7, 11) is 0. The van der Waals surface area contributed by atoms with E-state index in [4.69, 9.17) is 0 Å². The van der Waals surface area contributed by atoms with Gasteiger partial charge in [0.15, 0.2) is 0 Å². The number of piperidine rings is 1. The minimum absolute atomic E-state index is 0.0135. The van der Waals surface area contributed by atoms with Crippen LogP contribution in [-0.2, 0) is 4.79 Å². The first-order valence-electron chi connectivity index (χ1n) is 10.1. The third-order valence-electron chi connectivity index (χ3n) is 5.52. The van der Waals surface area contributed by atoms with Gasteiger partial charge in [-0.1, -0.05) is 12.1 Å². The van der Waals surface area contributed by atoms with Gasteiger partial charge >= 0.3 is 0 Å². The number of nitrogens with zero attached hydrogens (tertiary/aromatic N) is 3. The van der Waals surface area contributed by atoms with Crippen LogP contribution >= 0.6 is 11.3 Å². The van der Waals surface area contributed by atoms with Gasteiger partial charge in [-0.2, -0.15) is 5.10 Å². The molecule has 1 aliphatic heterocycles. The summed E-state index contributed by atoms with van der Waals surface area (Å²) in [5, 5.41) is 12.8. The van der Waals surface area contributed by atoms with Gasteiger partial charge in [0, 0.05) is 41.8 Å². The second kappa shape index (κ2) is 8.79. The van der Waals surface area contributed by atoms with Gasteiger partial charge in [-0.05, 0) is 44.7 Å². The smallest absolute Gasteiger partial charge is 0.257 e. The van der Waals surface area contributed by atoms with Crippen molar-refractivity contribution in [3.63, 3.8) is 0 Å². The summed E-state index contributed by atoms with van der Waals surface area (Å²) in [6.07, 6.45) is 3.72. The average molecular weight is 424 g/mol. The fourth-order valence-electron chi connectivity index (χ4n) is 3.77. The molecule has 1 saturated heterocycles. The molecule has 0 saturated carbocycles. The number of H-pyrrole nitrogens is 1. The monoisotopic (exact) mass is 423 g/mol. The zero-order valence-electron chi connectivity index (χ0n) is 17.1. The molecule has 3 aromatic rings. The number of hydrogen-bond donors (Lipinski definition) is 2. The van der Waals surface area contributed by atoms with E-state index < -0.39 is 0 Å². The molecular weight excluding hydrogens is 398 g/mol. The molecule has 1 aromatic carbocycles. The number of anilines is 1. The van der Waals surface area contributed by atoms with Crippen LogP contribution in [0.4, 0.5) is 5.69 Å². The summed E-state index contributed by atoms with van der Waals surface area (Å²) in [5.74, 6) is 0.319. The molecule has 2 N–H and O–H groups in total. The minimum atomic E-state index is 0.0135. The summed E-state index contributed by atoms with van der Waals surface area (Å²) >= 11 is 1.63. The number of hydrogen-bond acceptors (Lipinski definition) is 5. The fourth-order valence-corrected chi connectivity index (χ4v) is 4.39. The Balaban J connectivity index is 1.26. The van der Waals surface area contributed by atoms with Crippen LogP contribution in [-0.4, -0.2) is 45.0 Å². The minimum Gasteiger partial charge on any atom is -0.339 e. The number of aromatic amines is 1. The third-order valence-corrected chi connectivity index (χ3v) is 6.29. The zero-order chi connectivity index (χ0) is 21.1. The van der Waals surface area contributed by atoms with Crippen LogP contribution in [0.2, 0.25) is 0 Å². The first-order chi connectivity index (χ1) is 14.5. The van der Waals surface area contributed by atoms with E-state index in [0.29, 0.717) is 25.1 Å². The van der Waals surface area contributed by atoms with E-state index in [2.05, 4.69) is 20.5 Å². The van der Waals surface area contributed by atoms with Crippen molar-refractivity contribution in [1.82, 2.24) is 20.1 Å². The molecule has 0 unspecified atom stereocenters. The third kappa shape index (κ3) is 4.59. The number of thiazole rings is 1. The number of likely N-dealkylation sites (tertiary alicyclic amines) is 1. The van der Waals surface area contributed by atoms with Crippen molar-refractivity contribution in [2.24, 2.45) is 5.92 Å². The van der Waals surface area contributed by atoms with E-state index in [1.807, 2.05) is 48.4 Å². The highest BCUT2D eigenvalue weighted by molar-refractivity contribution is 7.09. The van der Waals surface area contributed by atoms with E-state index in [1.165, 1.54) is 0 Å². The number of benzene rings is 1. The van der Waals surface area contributed by atoms with Crippen molar-refractivity contribution in [2.75, 3.05) is 18.4 Å². The maximum atomic E-state index is 12.6. The summed E-state index contributed by atoms with van der Waals surface area (Å²) < 4.78 is 0. The second-order valence-corrected chi connectivity index (χ2v) is 8.79. The summed E-state index contributed by atoms with van der Waals surface area (Å²) in [6, 6.07) is 7.78. The molecule has 0 spiro atoms. The van der Waals surface area contributed by atoms with Crippen LogP contribution in [0.3, 0.4) is 0 Å². The number of nitrogens with one attached hydrogen (secondary N) is 2. The van der Waals surface area contributed by atoms with Gasteiger partial charge in [0.2, 0.25) is 5.91 Å². The second-order valence-electron chi connectivity index (χ2n) is 7.73. The molecule has 156 valence electrons. The highest BCUT2D eigenvalue weighted by Gasteiger charge is 2.26. The van der Waals surface area contributed by atoms with Gasteiger partial charge < -0.3 is 10.2 Å². The van der Waals surface area contributed by atoms with Crippen molar-refractivity contribution < 1.29 is 9.59 Å². The molecule has 0 radical (unpaired) electrons. The number of amides is 2. The van der Waals surface area contributed by atoms with E-state index in [1.54, 1.807) is 17.5 Å². The summed E-state index contributed by atoms with van der Waals surface area (Å²) in [4.78, 5) is 31.4. The molecular formula is C22H25N5O2S. The van der Waals surface area contributed by atoms with Crippen LogP contribution in [0.15, 0.2) is 35.8 Å². The van der Waals surface area contributed by atoms with Crippen molar-refractivity contribution in [3.05, 3.63) is 52.1 Å². The molecule has 4 rings (SSSR count). The Bertz CT molecular complexity index is 1030. The normalized spacial score (nSPS) is 14.7. The highest BCUT2D eigenvalue weighted by atomic mass is 32.1. The molecule has 2 amide bonds. The lowest BCUT2D eigenvalue weighted by atomic mass is 9.93. The molecule has 0 atom stereocenters. The number of carbonyl (C=O) groups is 2. The molecule has 1 aliphatic rings. The lowest BCUT2D eigenvalue weighted by molar-refractivity contribution is -0.117. The lowest BCUT2D eigenvalue weighted by Crippen LogP contribution is -2.39. The van der Waals surface area contributed by atoms with Gasteiger partial charge in [-0.3, -0.25) is 14.7 Å². The van der Waals surface area contributed by atoms with Crippen molar-refractivity contribution in [3.8, 4) is 11.3 Å². The largest absolute Gasteiger partial charge is 0.339 e. The molecule has 1 fully saturated rings. The predicted molar refractivity (Wildman–Crippen MR) is 117 cm³/mol. The Morgan fingerprint density at radius 2 is 1.93 bits per heavy atom. The van der Waals surface area contributed by atoms with E-state index in [-0.39, 0.29) is 17.7 Å². The maximum Gasteiger partial charge on any atom is 0.257 e. The Labute approximate surface area is 179 Å². The number of rotatable bonds is 5. The van der Waals surface area contributed by atoms with Crippen LogP contribution in [0, 0.1) is 19.8 Å². The first kappa shape index (κ1) is 20.3. The summed E-state index contributed by atoms with van der Waals surface area (Å²) in [5.41, 5.74) is 4.21. The number of aromatic nitrogens is 3. The summed E-state index contributed by atoms with van der Waals surface area (Å²) in [6.45, 7) is 5.18. The molecule has 3 heterocycles. The van der Waals surface area contributed by atoms with E-state index >= 15 is 0 Å². The lowest BCUT2D eigenvalue weighted by Gasteiger charge is -2.31. The van der Waals surface area contributed by atoms with Crippen molar-refractivity contribution >= 4 is 28.8 Å². The quantitative estimate of drug-likeness (QED) is 0.648. The average Bonchev–Trinajstić information content (AvgIpc) is 3.37. The van der Waals surface area contributed by atoms with Crippen LogP contribution in [0.1, 0.15) is 40.3 Å². The van der Waals surface area contributed by atoms with Crippen molar-refractivity contribution in [2.45, 2.75) is 33.1 Å². The van der Waals surface area contributed by atoms with Gasteiger partial charge in [-0.25, -0.2) is 4.98 Å². The Morgan fingerprint density at radius 1 is 1.20 bits per heavy atom. The van der Waals surface area contributed by atoms with Crippen LogP contribution in [0.5, 0.6) is 0 Å². The molecule has 30 heavy (non-hydrogen) atoms. The highest BCUT2D eigenvalue weighted by Crippen LogP contribution is 2.25.